The van der Waals surface area contributed by atoms with Gasteiger partial charge in [0.15, 0.2) is 11.4 Å². The molecule has 5 rings (SSSR count). The standard InChI is InChI=1S/C29H28N2O9/c1-11-16-14(13-6-4-12(10-32)5-7-13)8-9-15(33)18(16)23(34)19-17(11)24(35)21-22(31(2)3)25(36)20(28(30)39)27(38)29(21,40)26(19)37/h4-11,17,21-22,24,33,35-37,40H,1-3H3,(H2,30,39)/t11-,17+,21+,22-,24-,29-/m0/s1. The molecule has 0 radical (unpaired) electrons. The Kier molecular flexibility index (Phi) is 6.21. The van der Waals surface area contributed by atoms with Gasteiger partial charge < -0.3 is 31.3 Å². The molecule has 3 aliphatic rings. The van der Waals surface area contributed by atoms with Crippen LogP contribution in [-0.2, 0) is 9.59 Å². The third kappa shape index (κ3) is 3.41. The van der Waals surface area contributed by atoms with Crippen molar-refractivity contribution >= 4 is 23.8 Å². The van der Waals surface area contributed by atoms with Crippen LogP contribution in [-0.4, -0.2) is 86.0 Å². The third-order valence-electron chi connectivity index (χ3n) is 8.47. The molecule has 0 bridgehead atoms. The Bertz CT molecular complexity index is 1560. The second-order valence-electron chi connectivity index (χ2n) is 10.7. The Labute approximate surface area is 228 Å². The van der Waals surface area contributed by atoms with Crippen LogP contribution >= 0.6 is 0 Å². The fraction of sp³-hybridized carbons (Fsp3) is 0.310. The number of amides is 1. The summed E-state index contributed by atoms with van der Waals surface area (Å²) in [6.07, 6.45) is -1.01. The van der Waals surface area contributed by atoms with Crippen molar-refractivity contribution in [3.05, 3.63) is 75.8 Å². The lowest BCUT2D eigenvalue weighted by atomic mass is 9.55. The average molecular weight is 549 g/mol. The lowest BCUT2D eigenvalue weighted by Crippen LogP contribution is -2.68. The molecule has 0 saturated heterocycles. The summed E-state index contributed by atoms with van der Waals surface area (Å²) in [5.74, 6) is -9.52. The zero-order valence-corrected chi connectivity index (χ0v) is 21.8. The van der Waals surface area contributed by atoms with Gasteiger partial charge in [0.25, 0.3) is 5.91 Å². The van der Waals surface area contributed by atoms with Crippen LogP contribution in [0.4, 0.5) is 0 Å². The Hall–Kier alpha value is -4.32. The number of Topliss-reactive ketones (excluding diaryl/α,β-unsaturated/α-hetero) is 2. The SMILES string of the molecule is C[C@H]1c2c(-c3ccc(C=O)cc3)ccc(O)c2C(=O)C2=C(O)[C@]3(O)C(=O)C(C(N)=O)=C(O)[C@@H](N(C)C)[C@@H]3[C@@H](O)[C@@H]21. The van der Waals surface area contributed by atoms with E-state index in [0.717, 1.165) is 0 Å². The van der Waals surface area contributed by atoms with Gasteiger partial charge >= 0.3 is 0 Å². The highest BCUT2D eigenvalue weighted by Crippen LogP contribution is 2.56. The first-order valence-electron chi connectivity index (χ1n) is 12.5. The van der Waals surface area contributed by atoms with Crippen molar-refractivity contribution in [1.29, 1.82) is 0 Å². The first kappa shape index (κ1) is 27.3. The molecule has 0 fully saturated rings. The number of carbonyl (C=O) groups is 4. The maximum absolute atomic E-state index is 14.0. The van der Waals surface area contributed by atoms with Gasteiger partial charge in [-0.15, -0.1) is 0 Å². The molecule has 6 atom stereocenters. The van der Waals surface area contributed by atoms with Crippen LogP contribution in [0.3, 0.4) is 0 Å². The molecule has 11 heteroatoms. The normalized spacial score (nSPS) is 29.7. The van der Waals surface area contributed by atoms with E-state index in [4.69, 9.17) is 5.73 Å². The zero-order valence-electron chi connectivity index (χ0n) is 21.8. The monoisotopic (exact) mass is 548 g/mol. The van der Waals surface area contributed by atoms with E-state index >= 15 is 0 Å². The highest BCUT2D eigenvalue weighted by molar-refractivity contribution is 6.25. The van der Waals surface area contributed by atoms with Gasteiger partial charge in [-0.3, -0.25) is 24.1 Å². The van der Waals surface area contributed by atoms with E-state index in [0.29, 0.717) is 28.5 Å². The number of primary amides is 1. The summed E-state index contributed by atoms with van der Waals surface area (Å²) < 4.78 is 0. The second kappa shape index (κ2) is 9.12. The third-order valence-corrected chi connectivity index (χ3v) is 8.47. The van der Waals surface area contributed by atoms with Crippen molar-refractivity contribution in [2.45, 2.75) is 30.6 Å². The number of phenolic OH excluding ortho intramolecular Hbond substituents is 1. The van der Waals surface area contributed by atoms with E-state index in [9.17, 15) is 44.7 Å². The smallest absolute Gasteiger partial charge is 0.255 e. The molecule has 0 unspecified atom stereocenters. The van der Waals surface area contributed by atoms with Crippen LogP contribution < -0.4 is 5.73 Å². The van der Waals surface area contributed by atoms with Gasteiger partial charge in [0.2, 0.25) is 5.78 Å². The molecule has 3 aliphatic carbocycles. The van der Waals surface area contributed by atoms with E-state index in [1.165, 1.54) is 25.1 Å². The largest absolute Gasteiger partial charge is 0.510 e. The summed E-state index contributed by atoms with van der Waals surface area (Å²) in [5.41, 5.74) is 2.69. The Morgan fingerprint density at radius 3 is 2.23 bits per heavy atom. The number of aldehydes is 1. The fourth-order valence-corrected chi connectivity index (χ4v) is 6.70. The number of aliphatic hydroxyl groups excluding tert-OH is 3. The summed E-state index contributed by atoms with van der Waals surface area (Å²) in [5, 5.41) is 56.7. The summed E-state index contributed by atoms with van der Waals surface area (Å²) in [4.78, 5) is 52.0. The maximum atomic E-state index is 14.0. The van der Waals surface area contributed by atoms with Crippen molar-refractivity contribution in [2.75, 3.05) is 14.1 Å². The number of carbonyl (C=O) groups excluding carboxylic acids is 4. The van der Waals surface area contributed by atoms with Crippen LogP contribution in [0.1, 0.15) is 39.1 Å². The van der Waals surface area contributed by atoms with Crippen molar-refractivity contribution in [3.8, 4) is 16.9 Å². The summed E-state index contributed by atoms with van der Waals surface area (Å²) >= 11 is 0. The highest BCUT2D eigenvalue weighted by Gasteiger charge is 2.67. The lowest BCUT2D eigenvalue weighted by Gasteiger charge is -2.53. The maximum Gasteiger partial charge on any atom is 0.255 e. The molecular formula is C29H28N2O9. The Morgan fingerprint density at radius 2 is 1.68 bits per heavy atom. The predicted octanol–water partition coefficient (Wildman–Crippen LogP) is 1.13. The Balaban J connectivity index is 1.79. The fourth-order valence-electron chi connectivity index (χ4n) is 6.70. The van der Waals surface area contributed by atoms with Crippen molar-refractivity contribution in [1.82, 2.24) is 4.90 Å². The molecule has 2 aromatic carbocycles. The number of benzene rings is 2. The molecule has 40 heavy (non-hydrogen) atoms. The predicted molar refractivity (Wildman–Crippen MR) is 141 cm³/mol. The van der Waals surface area contributed by atoms with Crippen LogP contribution in [0, 0.1) is 11.8 Å². The number of fused-ring (bicyclic) bond motifs is 3. The molecule has 0 spiro atoms. The number of likely N-dealkylation sites (N-methyl/N-ethyl adjacent to an activating group) is 1. The molecule has 0 heterocycles. The molecule has 0 aromatic heterocycles. The molecule has 2 aromatic rings. The van der Waals surface area contributed by atoms with Crippen LogP contribution in [0.25, 0.3) is 11.1 Å². The minimum atomic E-state index is -2.97. The van der Waals surface area contributed by atoms with Crippen molar-refractivity contribution < 1.29 is 44.7 Å². The first-order valence-corrected chi connectivity index (χ1v) is 12.5. The molecule has 0 aliphatic heterocycles. The van der Waals surface area contributed by atoms with Crippen LogP contribution in [0.15, 0.2) is 59.1 Å². The van der Waals surface area contributed by atoms with Gasteiger partial charge in [-0.05, 0) is 42.8 Å². The topological polar surface area (TPSA) is 199 Å². The van der Waals surface area contributed by atoms with Crippen LogP contribution in [0.5, 0.6) is 5.75 Å². The number of ketones is 2. The number of phenols is 1. The van der Waals surface area contributed by atoms with Gasteiger partial charge in [-0.2, -0.15) is 0 Å². The molecule has 1 amide bonds. The van der Waals surface area contributed by atoms with Gasteiger partial charge in [0.05, 0.1) is 23.6 Å². The van der Waals surface area contributed by atoms with Gasteiger partial charge in [-0.1, -0.05) is 37.3 Å². The number of nitrogens with two attached hydrogens (primary N) is 1. The van der Waals surface area contributed by atoms with E-state index < -0.39 is 81.4 Å². The highest BCUT2D eigenvalue weighted by atomic mass is 16.4. The van der Waals surface area contributed by atoms with Crippen LogP contribution in [0.2, 0.25) is 0 Å². The quantitative estimate of drug-likeness (QED) is 0.238. The molecule has 7 N–H and O–H groups in total. The van der Waals surface area contributed by atoms with Gasteiger partial charge in [0.1, 0.15) is 29.1 Å². The first-order chi connectivity index (χ1) is 18.8. The average Bonchev–Trinajstić information content (AvgIpc) is 2.90. The number of nitrogens with zero attached hydrogens (tertiary/aromatic N) is 1. The number of rotatable bonds is 4. The number of aromatic hydroxyl groups is 1. The molecule has 11 nitrogen and oxygen atoms in total. The number of hydrogen-bond donors (Lipinski definition) is 6. The zero-order chi connectivity index (χ0) is 29.4. The van der Waals surface area contributed by atoms with Crippen molar-refractivity contribution in [3.63, 3.8) is 0 Å². The van der Waals surface area contributed by atoms with Gasteiger partial charge in [-0.25, -0.2) is 0 Å². The van der Waals surface area contributed by atoms with Crippen molar-refractivity contribution in [2.24, 2.45) is 17.6 Å². The summed E-state index contributed by atoms with van der Waals surface area (Å²) in [6, 6.07) is 8.06. The second-order valence-corrected chi connectivity index (χ2v) is 10.7. The molecule has 208 valence electrons. The van der Waals surface area contributed by atoms with E-state index in [1.54, 1.807) is 37.3 Å². The molecule has 0 saturated carbocycles. The summed E-state index contributed by atoms with van der Waals surface area (Å²) in [6.45, 7) is 1.67. The number of hydrogen-bond acceptors (Lipinski definition) is 10. The lowest BCUT2D eigenvalue weighted by molar-refractivity contribution is -0.162. The number of aliphatic hydroxyl groups is 4. The molecular weight excluding hydrogens is 520 g/mol. The van der Waals surface area contributed by atoms with E-state index in [-0.39, 0.29) is 5.56 Å². The minimum Gasteiger partial charge on any atom is -0.510 e. The Morgan fingerprint density at radius 1 is 1.05 bits per heavy atom. The van der Waals surface area contributed by atoms with Gasteiger partial charge in [0, 0.05) is 17.1 Å². The van der Waals surface area contributed by atoms with E-state index in [2.05, 4.69) is 0 Å². The minimum absolute atomic E-state index is 0.183. The summed E-state index contributed by atoms with van der Waals surface area (Å²) in [7, 11) is 2.95. The van der Waals surface area contributed by atoms with E-state index in [1.807, 2.05) is 0 Å².